The summed E-state index contributed by atoms with van der Waals surface area (Å²) in [5, 5.41) is 45.3. The average molecular weight is 1060 g/mol. The Balaban J connectivity index is 1.60. The number of H-pyrrole nitrogens is 1. The lowest BCUT2D eigenvalue weighted by molar-refractivity contribution is -0.145. The number of unbranched alkanes of at least 4 members (excludes halogenated alkanes) is 1. The molecule has 0 aliphatic carbocycles. The molecule has 25 nitrogen and oxygen atoms in total. The zero-order valence-electron chi connectivity index (χ0n) is 43.0. The number of carboxylic acid groups (broad SMARTS) is 2. The summed E-state index contributed by atoms with van der Waals surface area (Å²) in [6.07, 6.45) is 4.05. The predicted octanol–water partition coefficient (Wildman–Crippen LogP) is -0.781. The van der Waals surface area contributed by atoms with E-state index in [9.17, 15) is 58.5 Å². The molecule has 3 aromatic rings. The van der Waals surface area contributed by atoms with Crippen molar-refractivity contribution in [3.05, 3.63) is 83.9 Å². The highest BCUT2D eigenvalue weighted by Gasteiger charge is 2.41. The van der Waals surface area contributed by atoms with Gasteiger partial charge < -0.3 is 74.3 Å². The first-order valence-electron chi connectivity index (χ1n) is 25.4. The number of likely N-dealkylation sites (tertiary alicyclic amines) is 1. The van der Waals surface area contributed by atoms with Crippen LogP contribution in [0.3, 0.4) is 0 Å². The Morgan fingerprint density at radius 2 is 1.33 bits per heavy atom. The van der Waals surface area contributed by atoms with Crippen LogP contribution in [0.4, 0.5) is 0 Å². The van der Waals surface area contributed by atoms with E-state index in [1.807, 2.05) is 6.92 Å². The number of aliphatic carboxylic acids is 2. The first-order valence-corrected chi connectivity index (χ1v) is 25.4. The Kier molecular flexibility index (Phi) is 24.1. The van der Waals surface area contributed by atoms with Crippen LogP contribution in [0.2, 0.25) is 0 Å². The lowest BCUT2D eigenvalue weighted by atomic mass is 9.96. The van der Waals surface area contributed by atoms with Crippen molar-refractivity contribution in [1.82, 2.24) is 46.8 Å². The molecular weight excluding hydrogens is 987 g/mol. The molecule has 1 aliphatic heterocycles. The van der Waals surface area contributed by atoms with Gasteiger partial charge in [0.05, 0.1) is 18.8 Å². The van der Waals surface area contributed by atoms with E-state index in [1.54, 1.807) is 44.2 Å². The third-order valence-corrected chi connectivity index (χ3v) is 12.9. The molecule has 4 rings (SSSR count). The number of guanidine groups is 1. The number of phenols is 1. The number of aliphatic imine (C=N–C) groups is 1. The molecule has 1 aromatic heterocycles. The molecule has 1 fully saturated rings. The Hall–Kier alpha value is -8.09. The minimum Gasteiger partial charge on any atom is -0.508 e. The summed E-state index contributed by atoms with van der Waals surface area (Å²) in [4.78, 5) is 135. The third kappa shape index (κ3) is 19.3. The number of aromatic nitrogens is 2. The molecule has 1 saturated heterocycles. The van der Waals surface area contributed by atoms with Crippen molar-refractivity contribution in [2.45, 2.75) is 146 Å². The van der Waals surface area contributed by atoms with Crippen LogP contribution in [-0.2, 0) is 62.4 Å². The summed E-state index contributed by atoms with van der Waals surface area (Å²) in [5.74, 6) is -8.92. The maximum absolute atomic E-state index is 14.6. The number of benzene rings is 2. The van der Waals surface area contributed by atoms with E-state index in [0.717, 1.165) is 0 Å². The molecule has 9 atom stereocenters. The highest BCUT2D eigenvalue weighted by molar-refractivity contribution is 5.98. The van der Waals surface area contributed by atoms with Gasteiger partial charge in [0.1, 0.15) is 48.0 Å². The number of rotatable bonds is 31. The highest BCUT2D eigenvalue weighted by atomic mass is 16.4. The number of carboxylic acids is 2. The van der Waals surface area contributed by atoms with Crippen molar-refractivity contribution in [1.29, 1.82) is 0 Å². The predicted molar refractivity (Wildman–Crippen MR) is 277 cm³/mol. The average Bonchev–Trinajstić information content (AvgIpc) is 4.10. The van der Waals surface area contributed by atoms with Crippen LogP contribution >= 0.6 is 0 Å². The molecule has 1 aliphatic rings. The normalized spacial score (nSPS) is 16.2. The van der Waals surface area contributed by atoms with Crippen molar-refractivity contribution in [3.63, 3.8) is 0 Å². The molecule has 414 valence electrons. The van der Waals surface area contributed by atoms with Gasteiger partial charge in [0, 0.05) is 44.2 Å². The topological polar surface area (TPSA) is 409 Å². The second kappa shape index (κ2) is 30.3. The molecule has 0 saturated carbocycles. The van der Waals surface area contributed by atoms with Crippen LogP contribution in [0, 0.1) is 5.92 Å². The fraction of sp³-hybridized carbons (Fsp3) is 0.510. The zero-order valence-corrected chi connectivity index (χ0v) is 43.0. The number of carbonyl (C=O) groups is 9. The van der Waals surface area contributed by atoms with Gasteiger partial charge in [0.2, 0.25) is 41.4 Å². The van der Waals surface area contributed by atoms with Gasteiger partial charge in [0.15, 0.2) is 5.96 Å². The van der Waals surface area contributed by atoms with Crippen molar-refractivity contribution in [2.24, 2.45) is 28.1 Å². The summed E-state index contributed by atoms with van der Waals surface area (Å²) in [6, 6.07) is 4.08. The van der Waals surface area contributed by atoms with E-state index in [4.69, 9.17) is 17.2 Å². The number of aromatic amines is 1. The summed E-state index contributed by atoms with van der Waals surface area (Å²) in [6.45, 7) is 5.54. The molecule has 16 N–H and O–H groups in total. The van der Waals surface area contributed by atoms with Gasteiger partial charge in [-0.3, -0.25) is 43.3 Å². The number of phenolic OH excluding ortho intramolecular Hbond substituents is 1. The number of hydrogen-bond acceptors (Lipinski definition) is 13. The van der Waals surface area contributed by atoms with Crippen LogP contribution in [-0.4, -0.2) is 151 Å². The third-order valence-electron chi connectivity index (χ3n) is 12.9. The zero-order chi connectivity index (χ0) is 55.9. The van der Waals surface area contributed by atoms with Crippen LogP contribution in [0.5, 0.6) is 5.75 Å². The largest absolute Gasteiger partial charge is 0.508 e. The van der Waals surface area contributed by atoms with Gasteiger partial charge in [-0.15, -0.1) is 0 Å². The fourth-order valence-electron chi connectivity index (χ4n) is 8.49. The van der Waals surface area contributed by atoms with Gasteiger partial charge >= 0.3 is 11.9 Å². The number of carbonyl (C=O) groups excluding carboxylic acids is 7. The van der Waals surface area contributed by atoms with Crippen LogP contribution in [0.1, 0.15) is 95.4 Å². The number of nitrogens with zero attached hydrogens (tertiary/aromatic N) is 3. The Bertz CT molecular complexity index is 2460. The molecule has 76 heavy (non-hydrogen) atoms. The molecule has 0 unspecified atom stereocenters. The van der Waals surface area contributed by atoms with Gasteiger partial charge in [0.25, 0.3) is 0 Å². The van der Waals surface area contributed by atoms with Gasteiger partial charge in [-0.25, -0.2) is 9.78 Å². The summed E-state index contributed by atoms with van der Waals surface area (Å²) in [5.41, 5.74) is 18.3. The minimum absolute atomic E-state index is 0.000985. The lowest BCUT2D eigenvalue weighted by Crippen LogP contribution is -2.61. The second-order valence-electron chi connectivity index (χ2n) is 18.8. The van der Waals surface area contributed by atoms with Gasteiger partial charge in [-0.1, -0.05) is 82.5 Å². The van der Waals surface area contributed by atoms with E-state index < -0.39 is 114 Å². The summed E-state index contributed by atoms with van der Waals surface area (Å²) in [7, 11) is 0. The summed E-state index contributed by atoms with van der Waals surface area (Å²) >= 11 is 0. The Morgan fingerprint density at radius 3 is 1.92 bits per heavy atom. The van der Waals surface area contributed by atoms with Crippen molar-refractivity contribution in [3.8, 4) is 5.75 Å². The number of nitrogens with two attached hydrogens (primary N) is 3. The molecular formula is C51H73N13O12. The molecule has 25 heteroatoms. The van der Waals surface area contributed by atoms with E-state index in [-0.39, 0.29) is 69.7 Å². The van der Waals surface area contributed by atoms with Crippen LogP contribution < -0.4 is 49.1 Å². The number of hydrogen-bond donors (Lipinski definition) is 13. The fourth-order valence-corrected chi connectivity index (χ4v) is 8.49. The number of imidazole rings is 1. The minimum atomic E-state index is -1.51. The first-order chi connectivity index (χ1) is 36.2. The Morgan fingerprint density at radius 1 is 0.737 bits per heavy atom. The van der Waals surface area contributed by atoms with Gasteiger partial charge in [-0.05, 0) is 61.3 Å². The van der Waals surface area contributed by atoms with Crippen LogP contribution in [0.25, 0.3) is 0 Å². The van der Waals surface area contributed by atoms with E-state index in [2.05, 4.69) is 46.9 Å². The molecule has 0 radical (unpaired) electrons. The molecule has 7 amide bonds. The monoisotopic (exact) mass is 1060 g/mol. The second-order valence-corrected chi connectivity index (χ2v) is 18.8. The van der Waals surface area contributed by atoms with E-state index in [1.165, 1.54) is 41.7 Å². The van der Waals surface area contributed by atoms with Crippen molar-refractivity contribution >= 4 is 59.2 Å². The number of aromatic hydroxyl groups is 1. The highest BCUT2D eigenvalue weighted by Crippen LogP contribution is 2.21. The number of nitrogens with one attached hydrogen (secondary N) is 7. The standard InChI is InChI=1S/C51H73N13O12/c1-4-6-14-35(59-44(69)36(15-10-21-56-51(53)54)58-43(68)34(52)26-41(66)67)45(70)60-37(23-31-17-19-33(65)20-18-31)46(71)63-42(29(3)5-2)48(73)61-38(25-32-27-55-28-57-32)49(74)64-22-11-16-40(64)47(72)62-39(50(75)76)24-30-12-8-7-9-13-30/h7-9,12-13,17-20,27-29,34-40,42,65H,4-6,10-11,14-16,21-26,52H2,1-3H3,(H,55,57)(H,58,68)(H,59,69)(H,60,70)(H,61,73)(H,62,72)(H,63,71)(H,66,67)(H,75,76)(H4,53,54,56)/t29-,34-,35-,36-,37-,38-,39-,40+,42-/m0/s1. The van der Waals surface area contributed by atoms with E-state index in [0.29, 0.717) is 42.5 Å². The summed E-state index contributed by atoms with van der Waals surface area (Å²) < 4.78 is 0. The smallest absolute Gasteiger partial charge is 0.326 e. The molecule has 0 bridgehead atoms. The quantitative estimate of drug-likeness (QED) is 0.0214. The Labute approximate surface area is 440 Å². The van der Waals surface area contributed by atoms with Gasteiger partial charge in [-0.2, -0.15) is 0 Å². The van der Waals surface area contributed by atoms with Crippen LogP contribution in [0.15, 0.2) is 72.1 Å². The number of amides is 7. The maximum atomic E-state index is 14.6. The van der Waals surface area contributed by atoms with E-state index >= 15 is 0 Å². The van der Waals surface area contributed by atoms with Crippen molar-refractivity contribution in [2.75, 3.05) is 13.1 Å². The molecule has 2 heterocycles. The SMILES string of the molecule is CCCC[C@H](NC(=O)[C@H](CCCN=C(N)N)NC(=O)[C@@H](N)CC(=O)O)C(=O)N[C@@H](Cc1ccc(O)cc1)C(=O)N[C@H](C(=O)N[C@@H](Cc1cnc[nH]1)C(=O)N1CCC[C@@H]1C(=O)N[C@@H](Cc1ccccc1)C(=O)O)[C@@H](C)CC. The molecule has 2 aromatic carbocycles. The molecule has 0 spiro atoms. The lowest BCUT2D eigenvalue weighted by Gasteiger charge is -2.32. The maximum Gasteiger partial charge on any atom is 0.326 e. The van der Waals surface area contributed by atoms with Crippen molar-refractivity contribution < 1.29 is 58.5 Å². The first kappa shape index (κ1) is 60.5.